The average Bonchev–Trinajstić information content (AvgIpc) is 2.86. The van der Waals surface area contributed by atoms with Crippen molar-refractivity contribution >= 4 is 44.9 Å². The number of amides is 1. The number of alkyl halides is 1. The van der Waals surface area contributed by atoms with Gasteiger partial charge in [0, 0.05) is 29.0 Å². The Balaban J connectivity index is 2.09. The summed E-state index contributed by atoms with van der Waals surface area (Å²) in [6.45, 7) is 3.84. The predicted octanol–water partition coefficient (Wildman–Crippen LogP) is 4.17. The third-order valence-corrected chi connectivity index (χ3v) is 5.85. The number of carbonyl (C=O) groups excluding carboxylic acids is 1. The number of thioether (sulfide) groups is 1. The first-order valence-corrected chi connectivity index (χ1v) is 9.90. The van der Waals surface area contributed by atoms with E-state index in [4.69, 9.17) is 0 Å². The molecule has 0 atom stereocenters. The molecule has 0 saturated carbocycles. The summed E-state index contributed by atoms with van der Waals surface area (Å²) < 4.78 is 0. The number of fused-ring (bicyclic) bond motifs is 1. The highest BCUT2D eigenvalue weighted by Gasteiger charge is 2.21. The Bertz CT molecular complexity index is 410. The van der Waals surface area contributed by atoms with Crippen LogP contribution in [-0.2, 0) is 12.2 Å². The van der Waals surface area contributed by atoms with Crippen LogP contribution in [0.5, 0.6) is 0 Å². The molecule has 2 rings (SSSR count). The first-order chi connectivity index (χ1) is 9.26. The normalized spacial score (nSPS) is 14.2. The predicted molar refractivity (Wildman–Crippen MR) is 88.8 cm³/mol. The van der Waals surface area contributed by atoms with Gasteiger partial charge in [0.25, 0.3) is 5.91 Å². The summed E-state index contributed by atoms with van der Waals surface area (Å²) in [5, 5.41) is 0.851. The molecule has 1 aromatic rings. The SMILES string of the molecule is CCCCN(CCBr)C(=O)c1cc2c(s1)CCSC2. The summed E-state index contributed by atoms with van der Waals surface area (Å²) in [6.07, 6.45) is 3.34. The van der Waals surface area contributed by atoms with Crippen LogP contribution in [0.4, 0.5) is 0 Å². The van der Waals surface area contributed by atoms with E-state index in [9.17, 15) is 4.79 Å². The molecule has 0 aromatic carbocycles. The Morgan fingerprint density at radius 3 is 3.00 bits per heavy atom. The lowest BCUT2D eigenvalue weighted by molar-refractivity contribution is 0.0769. The first-order valence-electron chi connectivity index (χ1n) is 6.80. The van der Waals surface area contributed by atoms with Crippen molar-refractivity contribution in [2.45, 2.75) is 31.9 Å². The molecular weight excluding hydrogens is 342 g/mol. The number of hydrogen-bond donors (Lipinski definition) is 0. The molecule has 2 nitrogen and oxygen atoms in total. The van der Waals surface area contributed by atoms with Crippen molar-refractivity contribution in [2.24, 2.45) is 0 Å². The van der Waals surface area contributed by atoms with Crippen LogP contribution in [0.15, 0.2) is 6.07 Å². The van der Waals surface area contributed by atoms with Crippen LogP contribution in [0, 0.1) is 0 Å². The average molecular weight is 362 g/mol. The summed E-state index contributed by atoms with van der Waals surface area (Å²) in [5.41, 5.74) is 1.39. The van der Waals surface area contributed by atoms with Crippen molar-refractivity contribution in [3.8, 4) is 0 Å². The monoisotopic (exact) mass is 361 g/mol. The molecular formula is C14H20BrNOS2. The molecule has 1 aliphatic heterocycles. The fraction of sp³-hybridized carbons (Fsp3) is 0.643. The van der Waals surface area contributed by atoms with Crippen LogP contribution in [0.2, 0.25) is 0 Å². The van der Waals surface area contributed by atoms with Crippen molar-refractivity contribution in [2.75, 3.05) is 24.2 Å². The van der Waals surface area contributed by atoms with Gasteiger partial charge >= 0.3 is 0 Å². The zero-order valence-electron chi connectivity index (χ0n) is 11.3. The minimum atomic E-state index is 0.220. The van der Waals surface area contributed by atoms with Crippen LogP contribution >= 0.6 is 39.0 Å². The largest absolute Gasteiger partial charge is 0.337 e. The Morgan fingerprint density at radius 2 is 2.32 bits per heavy atom. The van der Waals surface area contributed by atoms with E-state index >= 15 is 0 Å². The first kappa shape index (κ1) is 15.4. The van der Waals surface area contributed by atoms with Gasteiger partial charge in [0.05, 0.1) is 4.88 Å². The van der Waals surface area contributed by atoms with Gasteiger partial charge < -0.3 is 4.90 Å². The van der Waals surface area contributed by atoms with Gasteiger partial charge in [-0.25, -0.2) is 0 Å². The fourth-order valence-electron chi connectivity index (χ4n) is 2.17. The van der Waals surface area contributed by atoms with E-state index in [2.05, 4.69) is 28.9 Å². The molecule has 0 fully saturated rings. The minimum absolute atomic E-state index is 0.220. The number of aryl methyl sites for hydroxylation is 1. The molecule has 19 heavy (non-hydrogen) atoms. The maximum absolute atomic E-state index is 12.6. The highest BCUT2D eigenvalue weighted by molar-refractivity contribution is 9.09. The second-order valence-electron chi connectivity index (χ2n) is 4.70. The van der Waals surface area contributed by atoms with Crippen LogP contribution in [-0.4, -0.2) is 35.0 Å². The van der Waals surface area contributed by atoms with E-state index in [0.717, 1.165) is 48.3 Å². The fourth-order valence-corrected chi connectivity index (χ4v) is 4.94. The van der Waals surface area contributed by atoms with E-state index in [1.165, 1.54) is 16.2 Å². The van der Waals surface area contributed by atoms with Gasteiger partial charge in [-0.3, -0.25) is 4.79 Å². The molecule has 1 aliphatic rings. The summed E-state index contributed by atoms with van der Waals surface area (Å²) in [4.78, 5) is 16.9. The van der Waals surface area contributed by atoms with E-state index in [1.54, 1.807) is 11.3 Å². The van der Waals surface area contributed by atoms with Crippen molar-refractivity contribution in [3.05, 3.63) is 21.4 Å². The molecule has 0 aliphatic carbocycles. The molecule has 0 unspecified atom stereocenters. The number of nitrogens with zero attached hydrogens (tertiary/aromatic N) is 1. The molecule has 0 N–H and O–H groups in total. The Morgan fingerprint density at radius 1 is 1.47 bits per heavy atom. The van der Waals surface area contributed by atoms with E-state index < -0.39 is 0 Å². The molecule has 0 saturated heterocycles. The lowest BCUT2D eigenvalue weighted by Gasteiger charge is -2.20. The molecule has 0 spiro atoms. The number of rotatable bonds is 6. The summed E-state index contributed by atoms with van der Waals surface area (Å²) in [6, 6.07) is 2.13. The zero-order chi connectivity index (χ0) is 13.7. The lowest BCUT2D eigenvalue weighted by Crippen LogP contribution is -2.33. The molecule has 5 heteroatoms. The van der Waals surface area contributed by atoms with E-state index in [1.807, 2.05) is 16.7 Å². The van der Waals surface area contributed by atoms with Gasteiger partial charge in [0.2, 0.25) is 0 Å². The molecule has 1 amide bonds. The molecule has 0 bridgehead atoms. The van der Waals surface area contributed by atoms with Gasteiger partial charge in [0.1, 0.15) is 0 Å². The van der Waals surface area contributed by atoms with Gasteiger partial charge in [-0.05, 0) is 30.2 Å². The Labute approximate surface area is 132 Å². The number of unbranched alkanes of at least 4 members (excludes halogenated alkanes) is 1. The van der Waals surface area contributed by atoms with Gasteiger partial charge in [-0.1, -0.05) is 29.3 Å². The van der Waals surface area contributed by atoms with Crippen molar-refractivity contribution < 1.29 is 4.79 Å². The summed E-state index contributed by atoms with van der Waals surface area (Å²) >= 11 is 7.13. The lowest BCUT2D eigenvalue weighted by atomic mass is 10.2. The Kier molecular flexibility index (Phi) is 6.23. The van der Waals surface area contributed by atoms with E-state index in [0.29, 0.717) is 0 Å². The van der Waals surface area contributed by atoms with Crippen molar-refractivity contribution in [3.63, 3.8) is 0 Å². The smallest absolute Gasteiger partial charge is 0.263 e. The van der Waals surface area contributed by atoms with Gasteiger partial charge in [0.15, 0.2) is 0 Å². The van der Waals surface area contributed by atoms with Gasteiger partial charge in [-0.2, -0.15) is 11.8 Å². The highest BCUT2D eigenvalue weighted by atomic mass is 79.9. The van der Waals surface area contributed by atoms with Crippen LogP contribution < -0.4 is 0 Å². The summed E-state index contributed by atoms with van der Waals surface area (Å²) in [7, 11) is 0. The van der Waals surface area contributed by atoms with Crippen LogP contribution in [0.3, 0.4) is 0 Å². The molecule has 1 aromatic heterocycles. The Hall–Kier alpha value is -0.000000000000000111. The third kappa shape index (κ3) is 3.99. The van der Waals surface area contributed by atoms with Gasteiger partial charge in [-0.15, -0.1) is 11.3 Å². The second kappa shape index (κ2) is 7.70. The highest BCUT2D eigenvalue weighted by Crippen LogP contribution is 2.32. The summed E-state index contributed by atoms with van der Waals surface area (Å²) in [5.74, 6) is 2.49. The second-order valence-corrected chi connectivity index (χ2v) is 7.73. The van der Waals surface area contributed by atoms with Crippen LogP contribution in [0.1, 0.15) is 39.9 Å². The topological polar surface area (TPSA) is 20.3 Å². The maximum Gasteiger partial charge on any atom is 0.263 e. The van der Waals surface area contributed by atoms with Crippen molar-refractivity contribution in [1.29, 1.82) is 0 Å². The van der Waals surface area contributed by atoms with E-state index in [-0.39, 0.29) is 5.91 Å². The van der Waals surface area contributed by atoms with Crippen LogP contribution in [0.25, 0.3) is 0 Å². The third-order valence-electron chi connectivity index (χ3n) is 3.26. The minimum Gasteiger partial charge on any atom is -0.337 e. The number of halogens is 1. The quantitative estimate of drug-likeness (QED) is 0.708. The number of carbonyl (C=O) groups is 1. The number of thiophene rings is 1. The zero-order valence-corrected chi connectivity index (χ0v) is 14.5. The maximum atomic E-state index is 12.6. The standard InChI is InChI=1S/C14H20BrNOS2/c1-2-3-6-16(7-5-15)14(17)13-9-11-10-18-8-4-12(11)19-13/h9H,2-8,10H2,1H3. The molecule has 0 radical (unpaired) electrons. The molecule has 106 valence electrons. The molecule has 2 heterocycles. The van der Waals surface area contributed by atoms with Crippen molar-refractivity contribution in [1.82, 2.24) is 4.90 Å². The number of hydrogen-bond acceptors (Lipinski definition) is 3.